The molecule has 6 nitrogen and oxygen atoms in total. The van der Waals surface area contributed by atoms with Gasteiger partial charge in [-0.2, -0.15) is 0 Å². The molecule has 0 radical (unpaired) electrons. The molecule has 0 aliphatic rings. The van der Waals surface area contributed by atoms with Gasteiger partial charge in [0.05, 0.1) is 0 Å². The number of anilines is 1. The van der Waals surface area contributed by atoms with Gasteiger partial charge in [0.15, 0.2) is 0 Å². The van der Waals surface area contributed by atoms with Crippen LogP contribution in [-0.2, 0) is 0 Å². The summed E-state index contributed by atoms with van der Waals surface area (Å²) >= 11 is 0. The molecule has 0 bridgehead atoms. The Bertz CT molecular complexity index is 728. The normalized spacial score (nSPS) is 10.5. The third-order valence-corrected chi connectivity index (χ3v) is 3.33. The summed E-state index contributed by atoms with van der Waals surface area (Å²) in [4.78, 5) is 30.5. The number of carbonyl (C=O) groups excluding carboxylic acids is 2. The average Bonchev–Trinajstić information content (AvgIpc) is 2.54. The number of aryl methyl sites for hydroxylation is 1. The fraction of sp³-hybridized carbons (Fsp3) is 0.278. The molecule has 2 aromatic rings. The molecule has 0 aliphatic carbocycles. The van der Waals surface area contributed by atoms with Crippen LogP contribution in [0, 0.1) is 6.92 Å². The third-order valence-electron chi connectivity index (χ3n) is 3.33. The van der Waals surface area contributed by atoms with Crippen molar-refractivity contribution < 1.29 is 9.59 Å². The fourth-order valence-corrected chi connectivity index (χ4v) is 2.09. The molecule has 0 atom stereocenters. The van der Waals surface area contributed by atoms with Gasteiger partial charge in [0.2, 0.25) is 0 Å². The standard InChI is InChI=1S/C18H22N4O2/c1-13-6-4-7-14(12-13)20-18(24)16-9-5-8-15(21-16)17(23)19-10-11-22(2)3/h4-9,12H,10-11H2,1-3H3,(H,19,23)(H,20,24). The summed E-state index contributed by atoms with van der Waals surface area (Å²) in [5.74, 6) is -0.634. The van der Waals surface area contributed by atoms with Crippen molar-refractivity contribution in [1.82, 2.24) is 15.2 Å². The van der Waals surface area contributed by atoms with Crippen molar-refractivity contribution >= 4 is 17.5 Å². The van der Waals surface area contributed by atoms with Gasteiger partial charge in [-0.25, -0.2) is 4.98 Å². The zero-order valence-corrected chi connectivity index (χ0v) is 14.2. The van der Waals surface area contributed by atoms with Gasteiger partial charge in [0.1, 0.15) is 11.4 Å². The molecule has 0 saturated heterocycles. The van der Waals surface area contributed by atoms with Gasteiger partial charge < -0.3 is 15.5 Å². The SMILES string of the molecule is Cc1cccc(NC(=O)c2cccc(C(=O)NCCN(C)C)n2)c1. The van der Waals surface area contributed by atoms with Crippen LogP contribution >= 0.6 is 0 Å². The zero-order valence-electron chi connectivity index (χ0n) is 14.2. The predicted octanol–water partition coefficient (Wildman–Crippen LogP) is 1.93. The van der Waals surface area contributed by atoms with Crippen LogP contribution in [0.1, 0.15) is 26.5 Å². The van der Waals surface area contributed by atoms with E-state index in [0.29, 0.717) is 12.2 Å². The first kappa shape index (κ1) is 17.6. The molecule has 2 N–H and O–H groups in total. The van der Waals surface area contributed by atoms with E-state index in [1.54, 1.807) is 18.2 Å². The molecule has 2 amide bonds. The fourth-order valence-electron chi connectivity index (χ4n) is 2.09. The molecule has 2 rings (SSSR count). The molecule has 1 heterocycles. The van der Waals surface area contributed by atoms with Crippen LogP contribution in [0.25, 0.3) is 0 Å². The van der Waals surface area contributed by atoms with Crippen molar-refractivity contribution in [3.8, 4) is 0 Å². The van der Waals surface area contributed by atoms with Crippen LogP contribution in [0.5, 0.6) is 0 Å². The van der Waals surface area contributed by atoms with E-state index in [2.05, 4.69) is 15.6 Å². The van der Waals surface area contributed by atoms with Crippen molar-refractivity contribution in [3.63, 3.8) is 0 Å². The van der Waals surface area contributed by atoms with Crippen molar-refractivity contribution in [3.05, 3.63) is 59.4 Å². The van der Waals surface area contributed by atoms with Crippen molar-refractivity contribution in [2.24, 2.45) is 0 Å². The summed E-state index contributed by atoms with van der Waals surface area (Å²) < 4.78 is 0. The summed E-state index contributed by atoms with van der Waals surface area (Å²) in [6.45, 7) is 3.21. The first-order valence-electron chi connectivity index (χ1n) is 7.74. The summed E-state index contributed by atoms with van der Waals surface area (Å²) in [7, 11) is 3.86. The number of likely N-dealkylation sites (N-methyl/N-ethyl adjacent to an activating group) is 1. The summed E-state index contributed by atoms with van der Waals surface area (Å²) in [5.41, 5.74) is 2.18. The maximum absolute atomic E-state index is 12.3. The number of carbonyl (C=O) groups is 2. The number of nitrogens with zero attached hydrogens (tertiary/aromatic N) is 2. The Labute approximate surface area is 141 Å². The molecule has 1 aromatic carbocycles. The Morgan fingerprint density at radius 2 is 1.71 bits per heavy atom. The van der Waals surface area contributed by atoms with Gasteiger partial charge in [0, 0.05) is 18.8 Å². The Balaban J connectivity index is 2.03. The Kier molecular flexibility index (Phi) is 6.03. The lowest BCUT2D eigenvalue weighted by atomic mass is 10.2. The smallest absolute Gasteiger partial charge is 0.274 e. The van der Waals surface area contributed by atoms with Crippen LogP contribution in [-0.4, -0.2) is 48.9 Å². The highest BCUT2D eigenvalue weighted by Crippen LogP contribution is 2.11. The van der Waals surface area contributed by atoms with Gasteiger partial charge in [0.25, 0.3) is 11.8 Å². The van der Waals surface area contributed by atoms with E-state index in [4.69, 9.17) is 0 Å². The van der Waals surface area contributed by atoms with E-state index < -0.39 is 0 Å². The molecular formula is C18H22N4O2. The van der Waals surface area contributed by atoms with Crippen molar-refractivity contribution in [1.29, 1.82) is 0 Å². The minimum Gasteiger partial charge on any atom is -0.349 e. The molecule has 24 heavy (non-hydrogen) atoms. The molecule has 0 spiro atoms. The van der Waals surface area contributed by atoms with E-state index in [1.807, 2.05) is 50.2 Å². The summed E-state index contributed by atoms with van der Waals surface area (Å²) in [6, 6.07) is 12.3. The van der Waals surface area contributed by atoms with Gasteiger partial charge in [-0.05, 0) is 50.8 Å². The molecule has 126 valence electrons. The average molecular weight is 326 g/mol. The lowest BCUT2D eigenvalue weighted by Gasteiger charge is -2.10. The number of aromatic nitrogens is 1. The van der Waals surface area contributed by atoms with Crippen LogP contribution in [0.15, 0.2) is 42.5 Å². The lowest BCUT2D eigenvalue weighted by molar-refractivity contribution is 0.0946. The summed E-state index contributed by atoms with van der Waals surface area (Å²) in [6.07, 6.45) is 0. The van der Waals surface area contributed by atoms with E-state index in [-0.39, 0.29) is 23.2 Å². The second-order valence-electron chi connectivity index (χ2n) is 5.79. The van der Waals surface area contributed by atoms with Gasteiger partial charge in [-0.15, -0.1) is 0 Å². The second-order valence-corrected chi connectivity index (χ2v) is 5.79. The zero-order chi connectivity index (χ0) is 17.5. The van der Waals surface area contributed by atoms with Gasteiger partial charge in [-0.1, -0.05) is 18.2 Å². The number of pyridine rings is 1. The Hall–Kier alpha value is -2.73. The van der Waals surface area contributed by atoms with Crippen molar-refractivity contribution in [2.45, 2.75) is 6.92 Å². The number of rotatable bonds is 6. The minimum absolute atomic E-state index is 0.205. The highest BCUT2D eigenvalue weighted by Gasteiger charge is 2.12. The van der Waals surface area contributed by atoms with Crippen molar-refractivity contribution in [2.75, 3.05) is 32.5 Å². The van der Waals surface area contributed by atoms with E-state index >= 15 is 0 Å². The third kappa shape index (κ3) is 5.17. The van der Waals surface area contributed by atoms with Crippen LogP contribution in [0.4, 0.5) is 5.69 Å². The molecule has 0 fully saturated rings. The number of hydrogen-bond donors (Lipinski definition) is 2. The second kappa shape index (κ2) is 8.21. The molecule has 0 saturated carbocycles. The van der Waals surface area contributed by atoms with E-state index in [0.717, 1.165) is 12.1 Å². The molecular weight excluding hydrogens is 304 g/mol. The minimum atomic E-state index is -0.344. The highest BCUT2D eigenvalue weighted by atomic mass is 16.2. The van der Waals surface area contributed by atoms with Gasteiger partial charge in [-0.3, -0.25) is 9.59 Å². The molecule has 0 aliphatic heterocycles. The lowest BCUT2D eigenvalue weighted by Crippen LogP contribution is -2.32. The number of hydrogen-bond acceptors (Lipinski definition) is 4. The van der Waals surface area contributed by atoms with Crippen LogP contribution in [0.3, 0.4) is 0 Å². The Morgan fingerprint density at radius 3 is 2.38 bits per heavy atom. The molecule has 1 aromatic heterocycles. The van der Waals surface area contributed by atoms with Crippen LogP contribution in [0.2, 0.25) is 0 Å². The number of benzene rings is 1. The maximum atomic E-state index is 12.3. The molecule has 0 unspecified atom stereocenters. The maximum Gasteiger partial charge on any atom is 0.274 e. The van der Waals surface area contributed by atoms with Crippen LogP contribution < -0.4 is 10.6 Å². The first-order chi connectivity index (χ1) is 11.5. The molecule has 6 heteroatoms. The van der Waals surface area contributed by atoms with E-state index in [9.17, 15) is 9.59 Å². The Morgan fingerprint density at radius 1 is 1.04 bits per heavy atom. The quantitative estimate of drug-likeness (QED) is 0.851. The number of nitrogens with one attached hydrogen (secondary N) is 2. The van der Waals surface area contributed by atoms with Gasteiger partial charge >= 0.3 is 0 Å². The predicted molar refractivity (Wildman–Crippen MR) is 94.3 cm³/mol. The van der Waals surface area contributed by atoms with E-state index in [1.165, 1.54) is 0 Å². The highest BCUT2D eigenvalue weighted by molar-refractivity contribution is 6.03. The first-order valence-corrected chi connectivity index (χ1v) is 7.74. The summed E-state index contributed by atoms with van der Waals surface area (Å²) in [5, 5.41) is 5.56. The largest absolute Gasteiger partial charge is 0.349 e. The topological polar surface area (TPSA) is 74.3 Å². The monoisotopic (exact) mass is 326 g/mol. The number of amides is 2.